The van der Waals surface area contributed by atoms with Gasteiger partial charge < -0.3 is 45.9 Å². The van der Waals surface area contributed by atoms with Crippen LogP contribution in [0.25, 0.3) is 22.2 Å². The number of nitrogens with zero attached hydrogens (tertiary/aromatic N) is 5. The molecule has 0 radical (unpaired) electrons. The predicted octanol–water partition coefficient (Wildman–Crippen LogP) is -0.409. The Hall–Kier alpha value is -4.33. The lowest BCUT2D eigenvalue weighted by Crippen LogP contribution is -2.56. The summed E-state index contributed by atoms with van der Waals surface area (Å²) in [5.74, 6) is -4.39. The lowest BCUT2D eigenvalue weighted by molar-refractivity contribution is -0.203. The molecule has 1 amide bonds. The van der Waals surface area contributed by atoms with Crippen LogP contribution in [0.3, 0.4) is 0 Å². The van der Waals surface area contributed by atoms with Gasteiger partial charge in [-0.15, -0.1) is 0 Å². The lowest BCUT2D eigenvalue weighted by atomic mass is 10.0. The van der Waals surface area contributed by atoms with Crippen LogP contribution in [0.5, 0.6) is 0 Å². The van der Waals surface area contributed by atoms with Crippen molar-refractivity contribution in [3.8, 4) is 11.3 Å². The highest BCUT2D eigenvalue weighted by Crippen LogP contribution is 2.32. The van der Waals surface area contributed by atoms with Crippen LogP contribution in [-0.4, -0.2) is 122 Å². The van der Waals surface area contributed by atoms with Gasteiger partial charge in [-0.25, -0.2) is 14.8 Å². The van der Waals surface area contributed by atoms with E-state index in [9.17, 15) is 43.2 Å². The minimum Gasteiger partial charge on any atom is -0.394 e. The lowest BCUT2D eigenvalue weighted by Gasteiger charge is -2.38. The van der Waals surface area contributed by atoms with Crippen molar-refractivity contribution in [2.45, 2.75) is 30.6 Å². The second-order valence-corrected chi connectivity index (χ2v) is 10.5. The van der Waals surface area contributed by atoms with E-state index in [-0.39, 0.29) is 19.0 Å². The molecule has 0 saturated carbocycles. The van der Waals surface area contributed by atoms with E-state index in [1.54, 1.807) is 47.9 Å². The number of aliphatic imine (C=N–C) groups is 1. The molecule has 1 saturated heterocycles. The van der Waals surface area contributed by atoms with E-state index in [0.717, 1.165) is 0 Å². The molecule has 1 aliphatic rings. The molecule has 19 heteroatoms. The molecule has 3 aromatic rings. The van der Waals surface area contributed by atoms with E-state index in [4.69, 9.17) is 22.4 Å². The number of alkyl halides is 3. The van der Waals surface area contributed by atoms with Gasteiger partial charge in [-0.05, 0) is 30.3 Å². The van der Waals surface area contributed by atoms with Crippen LogP contribution in [0.15, 0.2) is 47.5 Å². The fourth-order valence-electron chi connectivity index (χ4n) is 4.54. The second kappa shape index (κ2) is 14.4. The number of carbonyl (C=O) groups is 2. The summed E-state index contributed by atoms with van der Waals surface area (Å²) in [5.41, 5.74) is 9.15. The Labute approximate surface area is 263 Å². The standard InChI is InChI=1S/C27H29ClF3N7O8/c28-14-4-5-17-16(11-14)19(34-26(33-17)35-25(32)36-46-24(45)27(29,30)31)13-2-1-3-15(10-13)37-6-8-38(9-7-37)23(44)22(43)21(42)20(41)18(40)12-39/h1-5,10-11,18,20-22,39-43H,6-9,12H2,(H3,32,33,34,35,36)/t18-,20-,21+,22-/m1/s1. The molecule has 248 valence electrons. The number of halogens is 4. The zero-order chi connectivity index (χ0) is 33.8. The number of rotatable bonds is 8. The number of carbonyl (C=O) groups excluding carboxylic acids is 2. The number of nitrogens with two attached hydrogens (primary N) is 1. The molecule has 46 heavy (non-hydrogen) atoms. The third-order valence-electron chi connectivity index (χ3n) is 6.93. The summed E-state index contributed by atoms with van der Waals surface area (Å²) in [7, 11) is 0. The van der Waals surface area contributed by atoms with Crippen molar-refractivity contribution in [2.75, 3.05) is 37.7 Å². The quantitative estimate of drug-likeness (QED) is 0.0919. The first-order chi connectivity index (χ1) is 21.7. The third kappa shape index (κ3) is 8.08. The number of aliphatic hydroxyl groups is 5. The van der Waals surface area contributed by atoms with Gasteiger partial charge in [-0.3, -0.25) is 4.79 Å². The van der Waals surface area contributed by atoms with Gasteiger partial charge in [0, 0.05) is 47.8 Å². The molecule has 0 unspecified atom stereocenters. The average molecular weight is 672 g/mol. The van der Waals surface area contributed by atoms with Crippen LogP contribution in [0.4, 0.5) is 24.8 Å². The first-order valence-electron chi connectivity index (χ1n) is 13.5. The summed E-state index contributed by atoms with van der Waals surface area (Å²) in [6.45, 7) is 0.0231. The molecule has 1 aromatic heterocycles. The Kier molecular flexibility index (Phi) is 10.8. The predicted molar refractivity (Wildman–Crippen MR) is 156 cm³/mol. The summed E-state index contributed by atoms with van der Waals surface area (Å²) in [5, 5.41) is 49.5. The Morgan fingerprint density at radius 3 is 2.39 bits per heavy atom. The van der Waals surface area contributed by atoms with Crippen LogP contribution in [0.2, 0.25) is 5.02 Å². The minimum absolute atomic E-state index is 0.140. The van der Waals surface area contributed by atoms with E-state index >= 15 is 0 Å². The maximum absolute atomic E-state index is 12.7. The number of hydroxylamine groups is 1. The zero-order valence-corrected chi connectivity index (χ0v) is 24.4. The maximum atomic E-state index is 12.7. The van der Waals surface area contributed by atoms with Gasteiger partial charge in [0.05, 0.1) is 17.8 Å². The second-order valence-electron chi connectivity index (χ2n) is 10.1. The largest absolute Gasteiger partial charge is 0.493 e. The molecule has 1 aliphatic heterocycles. The molecular formula is C27H29ClF3N7O8. The fraction of sp³-hybridized carbons (Fsp3) is 0.370. The van der Waals surface area contributed by atoms with E-state index in [2.05, 4.69) is 19.8 Å². The topological polar surface area (TPSA) is 227 Å². The Morgan fingerprint density at radius 1 is 1.04 bits per heavy atom. The van der Waals surface area contributed by atoms with Gasteiger partial charge >= 0.3 is 12.1 Å². The van der Waals surface area contributed by atoms with Gasteiger partial charge in [-0.1, -0.05) is 23.7 Å². The zero-order valence-electron chi connectivity index (χ0n) is 23.7. The first kappa shape index (κ1) is 34.5. The summed E-state index contributed by atoms with van der Waals surface area (Å²) < 4.78 is 37.3. The van der Waals surface area contributed by atoms with E-state index < -0.39 is 55.0 Å². The maximum Gasteiger partial charge on any atom is 0.493 e. The Bertz CT molecular complexity index is 1610. The Morgan fingerprint density at radius 2 is 1.74 bits per heavy atom. The monoisotopic (exact) mass is 671 g/mol. The minimum atomic E-state index is -5.26. The van der Waals surface area contributed by atoms with Crippen molar-refractivity contribution in [1.29, 1.82) is 0 Å². The summed E-state index contributed by atoms with van der Waals surface area (Å²) in [6, 6.07) is 11.8. The van der Waals surface area contributed by atoms with Crippen LogP contribution < -0.4 is 16.1 Å². The highest BCUT2D eigenvalue weighted by Gasteiger charge is 2.42. The molecule has 2 aromatic carbocycles. The third-order valence-corrected chi connectivity index (χ3v) is 7.17. The van der Waals surface area contributed by atoms with Gasteiger partial charge in [0.15, 0.2) is 6.10 Å². The average Bonchev–Trinajstić information content (AvgIpc) is 3.04. The number of hydrogen-bond donors (Lipinski definition) is 7. The number of nitrogens with one attached hydrogen (secondary N) is 1. The van der Waals surface area contributed by atoms with Crippen molar-refractivity contribution in [2.24, 2.45) is 10.7 Å². The summed E-state index contributed by atoms with van der Waals surface area (Å²) in [6.07, 6.45) is -13.0. The first-order valence-corrected chi connectivity index (χ1v) is 13.9. The molecule has 4 rings (SSSR count). The normalized spacial score (nSPS) is 16.9. The van der Waals surface area contributed by atoms with Crippen molar-refractivity contribution >= 4 is 52.0 Å². The van der Waals surface area contributed by atoms with Crippen LogP contribution in [-0.2, 0) is 14.4 Å². The van der Waals surface area contributed by atoms with Gasteiger partial charge in [-0.2, -0.15) is 23.6 Å². The van der Waals surface area contributed by atoms with Crippen LogP contribution >= 0.6 is 11.6 Å². The number of aromatic nitrogens is 2. The van der Waals surface area contributed by atoms with Gasteiger partial charge in [0.1, 0.15) is 18.3 Å². The molecule has 0 bridgehead atoms. The number of piperazine rings is 1. The smallest absolute Gasteiger partial charge is 0.394 e. The van der Waals surface area contributed by atoms with Gasteiger partial charge in [0.2, 0.25) is 5.96 Å². The molecule has 1 fully saturated rings. The number of fused-ring (bicyclic) bond motifs is 1. The number of anilines is 1. The van der Waals surface area contributed by atoms with Crippen molar-refractivity contribution in [3.05, 3.63) is 47.5 Å². The molecule has 8 N–H and O–H groups in total. The van der Waals surface area contributed by atoms with Crippen molar-refractivity contribution in [1.82, 2.24) is 20.3 Å². The van der Waals surface area contributed by atoms with Crippen molar-refractivity contribution in [3.63, 3.8) is 0 Å². The number of aliphatic hydroxyl groups excluding tert-OH is 5. The number of hydrogen-bond acceptors (Lipinski definition) is 12. The summed E-state index contributed by atoms with van der Waals surface area (Å²) in [4.78, 5) is 43.3. The van der Waals surface area contributed by atoms with Crippen LogP contribution in [0, 0.1) is 0 Å². The van der Waals surface area contributed by atoms with Crippen LogP contribution in [0.1, 0.15) is 0 Å². The molecule has 0 aliphatic carbocycles. The van der Waals surface area contributed by atoms with E-state index in [1.807, 2.05) is 4.90 Å². The van der Waals surface area contributed by atoms with Crippen molar-refractivity contribution < 1.29 is 53.1 Å². The Balaban J connectivity index is 1.54. The fourth-order valence-corrected chi connectivity index (χ4v) is 4.71. The van der Waals surface area contributed by atoms with E-state index in [0.29, 0.717) is 46.0 Å². The number of amides is 1. The molecule has 0 spiro atoms. The van der Waals surface area contributed by atoms with Gasteiger partial charge in [0.25, 0.3) is 11.9 Å². The molecule has 4 atom stereocenters. The SMILES string of the molecule is NC(=Nc1nc(-c2cccc(N3CCN(C(=O)[C@H](O)[C@@H](O)[C@H](O)[C@H](O)CO)CC3)c2)c2cc(Cl)ccc2n1)NOC(=O)C(F)(F)F. The number of guanidine groups is 1. The number of benzene rings is 2. The highest BCUT2D eigenvalue weighted by atomic mass is 35.5. The molecule has 2 heterocycles. The molecular weight excluding hydrogens is 643 g/mol. The highest BCUT2D eigenvalue weighted by molar-refractivity contribution is 6.31. The molecule has 15 nitrogen and oxygen atoms in total. The van der Waals surface area contributed by atoms with E-state index in [1.165, 1.54) is 4.90 Å². The summed E-state index contributed by atoms with van der Waals surface area (Å²) >= 11 is 6.22.